The molecule has 0 spiro atoms. The van der Waals surface area contributed by atoms with Crippen LogP contribution < -0.4 is 5.73 Å². The minimum absolute atomic E-state index is 0.282. The molecular weight excluding hydrogens is 280 g/mol. The third-order valence-electron chi connectivity index (χ3n) is 2.00. The summed E-state index contributed by atoms with van der Waals surface area (Å²) in [6.07, 6.45) is -15.7. The van der Waals surface area contributed by atoms with Crippen LogP contribution in [0.5, 0.6) is 0 Å². The van der Waals surface area contributed by atoms with Crippen molar-refractivity contribution in [3.8, 4) is 0 Å². The van der Waals surface area contributed by atoms with Crippen LogP contribution in [-0.2, 0) is 4.74 Å². The molecule has 0 fully saturated rings. The summed E-state index contributed by atoms with van der Waals surface area (Å²) in [4.78, 5) is 11.3. The Bertz CT molecular complexity index is 454. The van der Waals surface area contributed by atoms with Gasteiger partial charge in [0.05, 0.1) is 5.56 Å². The smallest absolute Gasteiger partial charge is 0.434 e. The van der Waals surface area contributed by atoms with Gasteiger partial charge in [0.2, 0.25) is 0 Å². The lowest BCUT2D eigenvalue weighted by atomic mass is 10.2. The van der Waals surface area contributed by atoms with Crippen LogP contribution in [0.15, 0.2) is 24.3 Å². The quantitative estimate of drug-likeness (QED) is 0.517. The molecule has 1 rings (SSSR count). The van der Waals surface area contributed by atoms with E-state index in [-0.39, 0.29) is 5.69 Å². The first kappa shape index (κ1) is 15.1. The number of hydrogen-bond donors (Lipinski definition) is 1. The number of ether oxygens (including phenoxy) is 1. The van der Waals surface area contributed by atoms with Crippen molar-refractivity contribution in [3.05, 3.63) is 29.8 Å². The Kier molecular flexibility index (Phi) is 3.97. The number of carbonyl (C=O) groups is 1. The number of nitrogens with two attached hydrogens (primary N) is 1. The fourth-order valence-corrected chi connectivity index (χ4v) is 1.17. The van der Waals surface area contributed by atoms with Crippen LogP contribution in [0.4, 0.5) is 32.0 Å². The van der Waals surface area contributed by atoms with Crippen LogP contribution in [0.2, 0.25) is 0 Å². The van der Waals surface area contributed by atoms with Gasteiger partial charge in [0, 0.05) is 5.69 Å². The van der Waals surface area contributed by atoms with Gasteiger partial charge in [0.1, 0.15) is 0 Å². The van der Waals surface area contributed by atoms with Gasteiger partial charge in [-0.15, -0.1) is 0 Å². The predicted molar refractivity (Wildman–Crippen MR) is 52.2 cm³/mol. The molecule has 19 heavy (non-hydrogen) atoms. The summed E-state index contributed by atoms with van der Waals surface area (Å²) in [5, 5.41) is 0. The molecule has 0 atom stereocenters. The second-order valence-electron chi connectivity index (χ2n) is 3.46. The van der Waals surface area contributed by atoms with Gasteiger partial charge < -0.3 is 10.5 Å². The van der Waals surface area contributed by atoms with E-state index in [4.69, 9.17) is 5.73 Å². The van der Waals surface area contributed by atoms with Gasteiger partial charge in [-0.1, -0.05) is 12.1 Å². The number of hydrogen-bond acceptors (Lipinski definition) is 3. The molecule has 0 heterocycles. The topological polar surface area (TPSA) is 52.3 Å². The molecule has 0 saturated heterocycles. The largest absolute Gasteiger partial charge is 0.439 e. The number of para-hydroxylation sites is 1. The second-order valence-corrected chi connectivity index (χ2v) is 3.46. The highest BCUT2D eigenvalue weighted by Gasteiger charge is 2.60. The maximum atomic E-state index is 12.2. The maximum Gasteiger partial charge on any atom is 0.434 e. The number of benzene rings is 1. The van der Waals surface area contributed by atoms with Crippen LogP contribution in [0.25, 0.3) is 0 Å². The van der Waals surface area contributed by atoms with Crippen LogP contribution in [0.3, 0.4) is 0 Å². The lowest BCUT2D eigenvalue weighted by Gasteiger charge is -2.23. The molecule has 0 aliphatic rings. The second kappa shape index (κ2) is 4.98. The van der Waals surface area contributed by atoms with Crippen molar-refractivity contribution in [1.29, 1.82) is 0 Å². The highest BCUT2D eigenvalue weighted by atomic mass is 19.4. The van der Waals surface area contributed by atoms with E-state index in [1.54, 1.807) is 0 Å². The Labute approximate surface area is 102 Å². The van der Waals surface area contributed by atoms with E-state index < -0.39 is 30.0 Å². The molecule has 0 aromatic heterocycles. The van der Waals surface area contributed by atoms with E-state index in [0.717, 1.165) is 12.1 Å². The fourth-order valence-electron chi connectivity index (χ4n) is 1.17. The van der Waals surface area contributed by atoms with Gasteiger partial charge in [-0.05, 0) is 12.1 Å². The Morgan fingerprint density at radius 3 is 1.95 bits per heavy atom. The van der Waals surface area contributed by atoms with E-state index in [2.05, 4.69) is 4.74 Å². The first-order valence-electron chi connectivity index (χ1n) is 4.72. The normalized spacial score (nSPS) is 12.6. The van der Waals surface area contributed by atoms with E-state index >= 15 is 0 Å². The fraction of sp³-hybridized carbons (Fsp3) is 0.300. The van der Waals surface area contributed by atoms with Crippen LogP contribution in [-0.4, -0.2) is 24.4 Å². The predicted octanol–water partition coefficient (Wildman–Crippen LogP) is 2.92. The van der Waals surface area contributed by atoms with Gasteiger partial charge in [0.15, 0.2) is 0 Å². The van der Waals surface area contributed by atoms with Crippen molar-refractivity contribution in [3.63, 3.8) is 0 Å². The highest BCUT2D eigenvalue weighted by Crippen LogP contribution is 2.36. The number of anilines is 1. The summed E-state index contributed by atoms with van der Waals surface area (Å²) < 4.78 is 76.5. The van der Waals surface area contributed by atoms with Gasteiger partial charge in [-0.3, -0.25) is 0 Å². The standard InChI is InChI=1S/C10H7F6NO2/c11-9(12,13)8(10(14,15)16)19-7(18)5-3-1-2-4-6(5)17/h1-4,8H,17H2. The minimum Gasteiger partial charge on any atom is -0.439 e. The zero-order valence-electron chi connectivity index (χ0n) is 9.05. The monoisotopic (exact) mass is 287 g/mol. The summed E-state index contributed by atoms with van der Waals surface area (Å²) in [5.74, 6) is -1.79. The summed E-state index contributed by atoms with van der Waals surface area (Å²) in [7, 11) is 0. The average molecular weight is 287 g/mol. The Morgan fingerprint density at radius 2 is 1.53 bits per heavy atom. The van der Waals surface area contributed by atoms with Crippen LogP contribution in [0, 0.1) is 0 Å². The first-order chi connectivity index (χ1) is 8.53. The van der Waals surface area contributed by atoms with Crippen LogP contribution in [0.1, 0.15) is 10.4 Å². The number of halogens is 6. The molecule has 0 aliphatic heterocycles. The summed E-state index contributed by atoms with van der Waals surface area (Å²) >= 11 is 0. The van der Waals surface area contributed by atoms with Crippen molar-refractivity contribution in [2.75, 3.05) is 5.73 Å². The Morgan fingerprint density at radius 1 is 1.05 bits per heavy atom. The SMILES string of the molecule is Nc1ccccc1C(=O)OC(C(F)(F)F)C(F)(F)F. The molecule has 1 aromatic rings. The van der Waals surface area contributed by atoms with Crippen molar-refractivity contribution in [1.82, 2.24) is 0 Å². The molecule has 1 aromatic carbocycles. The molecule has 9 heteroatoms. The Hall–Kier alpha value is -1.93. The van der Waals surface area contributed by atoms with Crippen molar-refractivity contribution in [2.45, 2.75) is 18.5 Å². The third kappa shape index (κ3) is 3.76. The molecule has 0 unspecified atom stereocenters. The molecule has 2 N–H and O–H groups in total. The zero-order chi connectivity index (χ0) is 14.8. The molecule has 0 radical (unpaired) electrons. The van der Waals surface area contributed by atoms with E-state index in [1.165, 1.54) is 12.1 Å². The van der Waals surface area contributed by atoms with E-state index in [0.29, 0.717) is 0 Å². The average Bonchev–Trinajstić information content (AvgIpc) is 2.23. The van der Waals surface area contributed by atoms with Gasteiger partial charge in [-0.25, -0.2) is 4.79 Å². The minimum atomic E-state index is -5.75. The molecule has 0 aliphatic carbocycles. The first-order valence-corrected chi connectivity index (χ1v) is 4.72. The lowest BCUT2D eigenvalue weighted by Crippen LogP contribution is -2.45. The number of nitrogen functional groups attached to an aromatic ring is 1. The highest BCUT2D eigenvalue weighted by molar-refractivity contribution is 5.95. The molecule has 0 amide bonds. The third-order valence-corrected chi connectivity index (χ3v) is 2.00. The van der Waals surface area contributed by atoms with E-state index in [1.807, 2.05) is 0 Å². The molecule has 0 saturated carbocycles. The molecule has 3 nitrogen and oxygen atoms in total. The molecule has 0 bridgehead atoms. The number of carbonyl (C=O) groups excluding carboxylic acids is 1. The van der Waals surface area contributed by atoms with Crippen molar-refractivity contribution >= 4 is 11.7 Å². The molecule has 106 valence electrons. The number of alkyl halides is 6. The van der Waals surface area contributed by atoms with Crippen molar-refractivity contribution in [2.24, 2.45) is 0 Å². The zero-order valence-corrected chi connectivity index (χ0v) is 9.05. The lowest BCUT2D eigenvalue weighted by molar-refractivity contribution is -0.307. The maximum absolute atomic E-state index is 12.2. The summed E-state index contributed by atoms with van der Waals surface area (Å²) in [6, 6.07) is 4.69. The van der Waals surface area contributed by atoms with Crippen LogP contribution >= 0.6 is 0 Å². The summed E-state index contributed by atoms with van der Waals surface area (Å²) in [6.45, 7) is 0. The molecular formula is C10H7F6NO2. The Balaban J connectivity index is 2.99. The van der Waals surface area contributed by atoms with Gasteiger partial charge in [-0.2, -0.15) is 26.3 Å². The van der Waals surface area contributed by atoms with E-state index in [9.17, 15) is 31.1 Å². The summed E-state index contributed by atoms with van der Waals surface area (Å²) in [5.41, 5.74) is 4.40. The van der Waals surface area contributed by atoms with Crippen molar-refractivity contribution < 1.29 is 35.9 Å². The van der Waals surface area contributed by atoms with Gasteiger partial charge in [0.25, 0.3) is 6.10 Å². The number of rotatable bonds is 2. The number of esters is 1. The van der Waals surface area contributed by atoms with Gasteiger partial charge >= 0.3 is 18.3 Å².